The van der Waals surface area contributed by atoms with Crippen molar-refractivity contribution in [3.05, 3.63) is 65.4 Å². The van der Waals surface area contributed by atoms with Gasteiger partial charge < -0.3 is 9.63 Å². The van der Waals surface area contributed by atoms with Crippen LogP contribution in [-0.2, 0) is 13.0 Å². The predicted molar refractivity (Wildman–Crippen MR) is 76.1 cm³/mol. The molecule has 2 aromatic carbocycles. The quantitative estimate of drug-likeness (QED) is 0.603. The molecule has 3 heteroatoms. The summed E-state index contributed by atoms with van der Waals surface area (Å²) in [6.45, 7) is -0.0973. The third kappa shape index (κ3) is 1.67. The molecule has 0 amide bonds. The molecule has 0 atom stereocenters. The van der Waals surface area contributed by atoms with Gasteiger partial charge in [-0.1, -0.05) is 41.6 Å². The van der Waals surface area contributed by atoms with Crippen LogP contribution in [0.3, 0.4) is 0 Å². The van der Waals surface area contributed by atoms with Gasteiger partial charge in [-0.15, -0.1) is 0 Å². The van der Waals surface area contributed by atoms with E-state index in [0.29, 0.717) is 11.5 Å². The van der Waals surface area contributed by atoms with Crippen molar-refractivity contribution < 1.29 is 9.63 Å². The maximum absolute atomic E-state index is 9.05. The minimum atomic E-state index is -0.0973. The van der Waals surface area contributed by atoms with Crippen molar-refractivity contribution in [3.8, 4) is 22.5 Å². The first-order chi connectivity index (χ1) is 9.85. The van der Waals surface area contributed by atoms with Crippen molar-refractivity contribution in [2.75, 3.05) is 0 Å². The summed E-state index contributed by atoms with van der Waals surface area (Å²) in [6.07, 6.45) is 0.959. The fourth-order valence-corrected chi connectivity index (χ4v) is 2.82. The molecule has 0 saturated carbocycles. The lowest BCUT2D eigenvalue weighted by atomic mass is 10.0. The van der Waals surface area contributed by atoms with Crippen molar-refractivity contribution in [2.45, 2.75) is 13.0 Å². The third-order valence-corrected chi connectivity index (χ3v) is 3.80. The zero-order valence-corrected chi connectivity index (χ0v) is 10.8. The minimum Gasteiger partial charge on any atom is -0.390 e. The molecule has 1 N–H and O–H groups in total. The normalized spacial score (nSPS) is 12.2. The van der Waals surface area contributed by atoms with E-state index in [9.17, 15) is 0 Å². The number of nitrogens with zero attached hydrogens (tertiary/aromatic N) is 1. The SMILES string of the molecule is OCc1cc(-c2ccc3c(c2)Cc2ccccc2-3)on1. The Morgan fingerprint density at radius 3 is 2.70 bits per heavy atom. The Morgan fingerprint density at radius 1 is 1.00 bits per heavy atom. The Morgan fingerprint density at radius 2 is 1.85 bits per heavy atom. The van der Waals surface area contributed by atoms with Gasteiger partial charge in [0.05, 0.1) is 6.61 Å². The van der Waals surface area contributed by atoms with E-state index in [0.717, 1.165) is 12.0 Å². The van der Waals surface area contributed by atoms with Crippen molar-refractivity contribution in [1.29, 1.82) is 0 Å². The van der Waals surface area contributed by atoms with Crippen molar-refractivity contribution in [1.82, 2.24) is 5.16 Å². The monoisotopic (exact) mass is 263 g/mol. The lowest BCUT2D eigenvalue weighted by Gasteiger charge is -2.02. The molecule has 1 heterocycles. The average Bonchev–Trinajstić information content (AvgIpc) is 3.10. The van der Waals surface area contributed by atoms with Crippen LogP contribution in [-0.4, -0.2) is 10.3 Å². The standard InChI is InChI=1S/C17H13NO2/c19-10-14-9-17(20-18-14)12-5-6-16-13(8-12)7-11-3-1-2-4-15(11)16/h1-6,8-9,19H,7,10H2. The van der Waals surface area contributed by atoms with Gasteiger partial charge in [-0.05, 0) is 34.7 Å². The van der Waals surface area contributed by atoms with Gasteiger partial charge in [-0.3, -0.25) is 0 Å². The fourth-order valence-electron chi connectivity index (χ4n) is 2.82. The average molecular weight is 263 g/mol. The van der Waals surface area contributed by atoms with E-state index in [2.05, 4.69) is 41.6 Å². The molecular weight excluding hydrogens is 250 g/mol. The van der Waals surface area contributed by atoms with Crippen LogP contribution in [0.1, 0.15) is 16.8 Å². The van der Waals surface area contributed by atoms with Crippen molar-refractivity contribution in [3.63, 3.8) is 0 Å². The van der Waals surface area contributed by atoms with Gasteiger partial charge in [0.25, 0.3) is 0 Å². The Labute approximate surface area is 116 Å². The maximum atomic E-state index is 9.05. The summed E-state index contributed by atoms with van der Waals surface area (Å²) in [7, 11) is 0. The van der Waals surface area contributed by atoms with Gasteiger partial charge in [0.15, 0.2) is 5.76 Å². The van der Waals surface area contributed by atoms with Crippen LogP contribution < -0.4 is 0 Å². The Balaban J connectivity index is 1.78. The number of rotatable bonds is 2. The predicted octanol–water partition coefficient (Wildman–Crippen LogP) is 3.41. The number of fused-ring (bicyclic) bond motifs is 3. The summed E-state index contributed by atoms with van der Waals surface area (Å²) in [6, 6.07) is 16.6. The van der Waals surface area contributed by atoms with E-state index in [1.54, 1.807) is 6.07 Å². The molecule has 1 aromatic heterocycles. The van der Waals surface area contributed by atoms with Gasteiger partial charge >= 0.3 is 0 Å². The summed E-state index contributed by atoms with van der Waals surface area (Å²) < 4.78 is 5.27. The molecule has 20 heavy (non-hydrogen) atoms. The second-order valence-corrected chi connectivity index (χ2v) is 5.05. The molecule has 0 aliphatic heterocycles. The minimum absolute atomic E-state index is 0.0973. The molecule has 1 aliphatic carbocycles. The number of hydrogen-bond acceptors (Lipinski definition) is 3. The second-order valence-electron chi connectivity index (χ2n) is 5.05. The molecule has 3 aromatic rings. The molecule has 0 fully saturated rings. The second kappa shape index (κ2) is 4.32. The molecule has 1 aliphatic rings. The lowest BCUT2D eigenvalue weighted by molar-refractivity contribution is 0.267. The molecule has 3 nitrogen and oxygen atoms in total. The molecule has 0 bridgehead atoms. The first-order valence-electron chi connectivity index (χ1n) is 6.63. The molecule has 4 rings (SSSR count). The molecule has 98 valence electrons. The summed E-state index contributed by atoms with van der Waals surface area (Å²) in [4.78, 5) is 0. The van der Waals surface area contributed by atoms with Crippen LogP contribution in [0.5, 0.6) is 0 Å². The van der Waals surface area contributed by atoms with Crippen molar-refractivity contribution in [2.24, 2.45) is 0 Å². The van der Waals surface area contributed by atoms with Crippen LogP contribution >= 0.6 is 0 Å². The maximum Gasteiger partial charge on any atom is 0.167 e. The van der Waals surface area contributed by atoms with E-state index in [-0.39, 0.29) is 6.61 Å². The summed E-state index contributed by atoms with van der Waals surface area (Å²) in [5.41, 5.74) is 6.86. The van der Waals surface area contributed by atoms with E-state index < -0.39 is 0 Å². The van der Waals surface area contributed by atoms with Gasteiger partial charge in [-0.25, -0.2) is 0 Å². The fraction of sp³-hybridized carbons (Fsp3) is 0.118. The van der Waals surface area contributed by atoms with Gasteiger partial charge in [0.1, 0.15) is 5.69 Å². The Hall–Kier alpha value is -2.39. The highest BCUT2D eigenvalue weighted by atomic mass is 16.5. The Kier molecular flexibility index (Phi) is 2.47. The van der Waals surface area contributed by atoms with Gasteiger partial charge in [0, 0.05) is 11.6 Å². The van der Waals surface area contributed by atoms with E-state index >= 15 is 0 Å². The van der Waals surface area contributed by atoms with Crippen LogP contribution in [0.4, 0.5) is 0 Å². The van der Waals surface area contributed by atoms with Crippen LogP contribution in [0, 0.1) is 0 Å². The first-order valence-corrected chi connectivity index (χ1v) is 6.63. The zero-order valence-electron chi connectivity index (χ0n) is 10.8. The highest BCUT2D eigenvalue weighted by Crippen LogP contribution is 2.38. The molecule has 0 radical (unpaired) electrons. The zero-order chi connectivity index (χ0) is 13.5. The molecule has 0 saturated heterocycles. The third-order valence-electron chi connectivity index (χ3n) is 3.80. The molecule has 0 unspecified atom stereocenters. The number of hydrogen-bond donors (Lipinski definition) is 1. The van der Waals surface area contributed by atoms with Crippen LogP contribution in [0.15, 0.2) is 53.1 Å². The summed E-state index contributed by atoms with van der Waals surface area (Å²) >= 11 is 0. The van der Waals surface area contributed by atoms with E-state index in [1.807, 2.05) is 6.07 Å². The van der Waals surface area contributed by atoms with E-state index in [4.69, 9.17) is 9.63 Å². The topological polar surface area (TPSA) is 46.3 Å². The lowest BCUT2D eigenvalue weighted by Crippen LogP contribution is -1.82. The van der Waals surface area contributed by atoms with E-state index in [1.165, 1.54) is 22.3 Å². The highest BCUT2D eigenvalue weighted by Gasteiger charge is 2.18. The number of aliphatic hydroxyl groups is 1. The summed E-state index contributed by atoms with van der Waals surface area (Å²) in [5, 5.41) is 12.9. The number of aliphatic hydroxyl groups excluding tert-OH is 1. The Bertz CT molecular complexity index is 789. The first kappa shape index (κ1) is 11.4. The van der Waals surface area contributed by atoms with Crippen LogP contribution in [0.2, 0.25) is 0 Å². The highest BCUT2D eigenvalue weighted by molar-refractivity contribution is 5.79. The number of aromatic nitrogens is 1. The molecule has 0 spiro atoms. The van der Waals surface area contributed by atoms with Gasteiger partial charge in [-0.2, -0.15) is 0 Å². The number of benzene rings is 2. The smallest absolute Gasteiger partial charge is 0.167 e. The molecular formula is C17H13NO2. The summed E-state index contributed by atoms with van der Waals surface area (Å²) in [5.74, 6) is 0.702. The van der Waals surface area contributed by atoms with Crippen LogP contribution in [0.25, 0.3) is 22.5 Å². The van der Waals surface area contributed by atoms with Gasteiger partial charge in [0.2, 0.25) is 0 Å². The largest absolute Gasteiger partial charge is 0.390 e. The van der Waals surface area contributed by atoms with Crippen molar-refractivity contribution >= 4 is 0 Å².